The maximum atomic E-state index is 13.0. The lowest BCUT2D eigenvalue weighted by molar-refractivity contribution is -0.136. The van der Waals surface area contributed by atoms with Crippen molar-refractivity contribution < 1.29 is 31.5 Å². The van der Waals surface area contributed by atoms with Crippen LogP contribution in [0.5, 0.6) is 0 Å². The number of hydrogen-bond acceptors (Lipinski definition) is 3. The molecule has 0 saturated heterocycles. The number of aromatic carboxylic acids is 1. The van der Waals surface area contributed by atoms with Gasteiger partial charge in [-0.2, -0.15) is 13.2 Å². The zero-order valence-corrected chi connectivity index (χ0v) is 13.1. The maximum Gasteiger partial charge on any atom is 0.418 e. The van der Waals surface area contributed by atoms with Crippen molar-refractivity contribution in [2.24, 2.45) is 0 Å². The summed E-state index contributed by atoms with van der Waals surface area (Å²) in [4.78, 5) is 10.7. The van der Waals surface area contributed by atoms with Crippen molar-refractivity contribution in [2.75, 3.05) is 4.72 Å². The largest absolute Gasteiger partial charge is 0.478 e. The molecular formula is C15H12F3NO4S. The van der Waals surface area contributed by atoms with Gasteiger partial charge in [0.25, 0.3) is 10.0 Å². The summed E-state index contributed by atoms with van der Waals surface area (Å²) in [5.41, 5.74) is -2.26. The number of nitrogens with one attached hydrogen (secondary N) is 1. The Labute approximate surface area is 135 Å². The lowest BCUT2D eigenvalue weighted by Gasteiger charge is -2.16. The third-order valence-corrected chi connectivity index (χ3v) is 4.76. The fourth-order valence-electron chi connectivity index (χ4n) is 2.19. The molecule has 9 heteroatoms. The van der Waals surface area contributed by atoms with E-state index in [1.165, 1.54) is 25.1 Å². The normalized spacial score (nSPS) is 12.0. The molecule has 0 bridgehead atoms. The Morgan fingerprint density at radius 3 is 2.29 bits per heavy atom. The summed E-state index contributed by atoms with van der Waals surface area (Å²) >= 11 is 0. The van der Waals surface area contributed by atoms with Crippen molar-refractivity contribution in [1.29, 1.82) is 0 Å². The van der Waals surface area contributed by atoms with Gasteiger partial charge in [-0.15, -0.1) is 0 Å². The number of rotatable bonds is 4. The first kappa shape index (κ1) is 17.8. The molecule has 0 aromatic heterocycles. The fourth-order valence-corrected chi connectivity index (χ4v) is 3.70. The SMILES string of the molecule is Cc1cccc(C(=O)O)c1S(=O)(=O)Nc1ccccc1C(F)(F)F. The van der Waals surface area contributed by atoms with E-state index in [0.29, 0.717) is 0 Å². The minimum Gasteiger partial charge on any atom is -0.478 e. The number of halogens is 3. The van der Waals surface area contributed by atoms with Crippen LogP contribution in [-0.4, -0.2) is 19.5 Å². The van der Waals surface area contributed by atoms with Crippen molar-refractivity contribution >= 4 is 21.7 Å². The van der Waals surface area contributed by atoms with Crippen LogP contribution in [0.1, 0.15) is 21.5 Å². The van der Waals surface area contributed by atoms with E-state index in [9.17, 15) is 26.4 Å². The average molecular weight is 359 g/mol. The molecule has 0 aliphatic rings. The van der Waals surface area contributed by atoms with Gasteiger partial charge in [-0.25, -0.2) is 13.2 Å². The summed E-state index contributed by atoms with van der Waals surface area (Å²) in [6, 6.07) is 7.82. The molecule has 0 amide bonds. The number of aryl methyl sites for hydroxylation is 1. The number of sulfonamides is 1. The molecule has 0 heterocycles. The molecule has 0 spiro atoms. The van der Waals surface area contributed by atoms with Gasteiger partial charge in [0.2, 0.25) is 0 Å². The summed E-state index contributed by atoms with van der Waals surface area (Å²) in [7, 11) is -4.53. The molecule has 0 fully saturated rings. The molecule has 2 N–H and O–H groups in total. The number of anilines is 1. The number of carboxylic acid groups (broad SMARTS) is 1. The van der Waals surface area contributed by atoms with E-state index in [-0.39, 0.29) is 5.56 Å². The van der Waals surface area contributed by atoms with Crippen LogP contribution in [0.2, 0.25) is 0 Å². The highest BCUT2D eigenvalue weighted by Crippen LogP contribution is 2.36. The Hall–Kier alpha value is -2.55. The molecule has 0 aliphatic carbocycles. The number of benzene rings is 2. The Balaban J connectivity index is 2.59. The first-order valence-electron chi connectivity index (χ1n) is 6.56. The van der Waals surface area contributed by atoms with E-state index in [1.807, 2.05) is 4.72 Å². The summed E-state index contributed by atoms with van der Waals surface area (Å²) < 4.78 is 65.8. The Bertz CT molecular complexity index is 892. The van der Waals surface area contributed by atoms with Crippen molar-refractivity contribution in [3.05, 3.63) is 59.2 Å². The highest BCUT2D eigenvalue weighted by atomic mass is 32.2. The van der Waals surface area contributed by atoms with Crippen LogP contribution >= 0.6 is 0 Å². The van der Waals surface area contributed by atoms with Crippen LogP contribution in [0.4, 0.5) is 18.9 Å². The molecule has 0 saturated carbocycles. The van der Waals surface area contributed by atoms with Crippen LogP contribution < -0.4 is 4.72 Å². The van der Waals surface area contributed by atoms with Crippen molar-refractivity contribution in [1.82, 2.24) is 0 Å². The summed E-state index contributed by atoms with van der Waals surface area (Å²) in [5, 5.41) is 9.13. The minimum absolute atomic E-state index is 0.104. The molecule has 2 rings (SSSR count). The van der Waals surface area contributed by atoms with Crippen LogP contribution in [-0.2, 0) is 16.2 Å². The van der Waals surface area contributed by atoms with Gasteiger partial charge in [-0.1, -0.05) is 24.3 Å². The first-order valence-corrected chi connectivity index (χ1v) is 8.04. The van der Waals surface area contributed by atoms with Crippen LogP contribution in [0, 0.1) is 6.92 Å². The molecule has 0 unspecified atom stereocenters. The van der Waals surface area contributed by atoms with E-state index in [0.717, 1.165) is 24.3 Å². The highest BCUT2D eigenvalue weighted by Gasteiger charge is 2.35. The second-order valence-corrected chi connectivity index (χ2v) is 6.52. The van der Waals surface area contributed by atoms with E-state index >= 15 is 0 Å². The van der Waals surface area contributed by atoms with Gasteiger partial charge in [-0.05, 0) is 30.7 Å². The molecule has 2 aromatic carbocycles. The van der Waals surface area contributed by atoms with E-state index in [2.05, 4.69) is 0 Å². The van der Waals surface area contributed by atoms with Gasteiger partial charge < -0.3 is 5.11 Å². The second kappa shape index (κ2) is 6.16. The molecule has 0 aliphatic heterocycles. The van der Waals surface area contributed by atoms with Crippen molar-refractivity contribution in [2.45, 2.75) is 18.0 Å². The number of hydrogen-bond donors (Lipinski definition) is 2. The molecule has 0 radical (unpaired) electrons. The van der Waals surface area contributed by atoms with E-state index < -0.39 is 43.9 Å². The van der Waals surface area contributed by atoms with Crippen molar-refractivity contribution in [3.8, 4) is 0 Å². The summed E-state index contributed by atoms with van der Waals surface area (Å²) in [6.45, 7) is 1.36. The Morgan fingerprint density at radius 2 is 1.71 bits per heavy atom. The van der Waals surface area contributed by atoms with Gasteiger partial charge in [0.1, 0.15) is 4.90 Å². The molecular weight excluding hydrogens is 347 g/mol. The minimum atomic E-state index is -4.76. The zero-order chi connectivity index (χ0) is 18.1. The predicted molar refractivity (Wildman–Crippen MR) is 80.4 cm³/mol. The summed E-state index contributed by atoms with van der Waals surface area (Å²) in [6.07, 6.45) is -4.76. The van der Waals surface area contributed by atoms with Gasteiger partial charge >= 0.3 is 12.1 Å². The quantitative estimate of drug-likeness (QED) is 0.875. The van der Waals surface area contributed by atoms with Gasteiger partial charge in [0.05, 0.1) is 16.8 Å². The first-order chi connectivity index (χ1) is 11.0. The fraction of sp³-hybridized carbons (Fsp3) is 0.133. The number of carbonyl (C=O) groups is 1. The Morgan fingerprint density at radius 1 is 1.08 bits per heavy atom. The number of alkyl halides is 3. The van der Waals surface area contributed by atoms with Gasteiger partial charge in [-0.3, -0.25) is 4.72 Å². The zero-order valence-electron chi connectivity index (χ0n) is 12.3. The van der Waals surface area contributed by atoms with Gasteiger partial charge in [0, 0.05) is 0 Å². The standard InChI is InChI=1S/C15H12F3NO4S/c1-9-5-4-6-10(14(20)21)13(9)24(22,23)19-12-8-3-2-7-11(12)15(16,17)18/h2-8,19H,1H3,(H,20,21). The van der Waals surface area contributed by atoms with E-state index in [4.69, 9.17) is 5.11 Å². The average Bonchev–Trinajstić information content (AvgIpc) is 2.45. The lowest BCUT2D eigenvalue weighted by Crippen LogP contribution is -2.20. The maximum absolute atomic E-state index is 13.0. The number of para-hydroxylation sites is 1. The molecule has 24 heavy (non-hydrogen) atoms. The van der Waals surface area contributed by atoms with Gasteiger partial charge in [0.15, 0.2) is 0 Å². The lowest BCUT2D eigenvalue weighted by atomic mass is 10.1. The van der Waals surface area contributed by atoms with Crippen LogP contribution in [0.15, 0.2) is 47.4 Å². The topological polar surface area (TPSA) is 83.5 Å². The van der Waals surface area contributed by atoms with Crippen LogP contribution in [0.25, 0.3) is 0 Å². The molecule has 5 nitrogen and oxygen atoms in total. The molecule has 0 atom stereocenters. The third kappa shape index (κ3) is 3.51. The second-order valence-electron chi connectivity index (χ2n) is 4.91. The Kier molecular flexibility index (Phi) is 4.57. The van der Waals surface area contributed by atoms with Crippen molar-refractivity contribution in [3.63, 3.8) is 0 Å². The van der Waals surface area contributed by atoms with E-state index in [1.54, 1.807) is 0 Å². The highest BCUT2D eigenvalue weighted by molar-refractivity contribution is 7.92. The predicted octanol–water partition coefficient (Wildman–Crippen LogP) is 3.51. The summed E-state index contributed by atoms with van der Waals surface area (Å²) in [5.74, 6) is -1.50. The molecule has 128 valence electrons. The van der Waals surface area contributed by atoms with Crippen LogP contribution in [0.3, 0.4) is 0 Å². The molecule has 2 aromatic rings. The number of carboxylic acids is 1. The monoisotopic (exact) mass is 359 g/mol. The smallest absolute Gasteiger partial charge is 0.418 e. The third-order valence-electron chi connectivity index (χ3n) is 3.19.